The lowest BCUT2D eigenvalue weighted by Gasteiger charge is -2.56. The summed E-state index contributed by atoms with van der Waals surface area (Å²) in [5.74, 6) is 1.15. The maximum atomic E-state index is 12.7. The summed E-state index contributed by atoms with van der Waals surface area (Å²) < 4.78 is 11.5. The lowest BCUT2D eigenvalue weighted by molar-refractivity contribution is -0.190. The average Bonchev–Trinajstić information content (AvgIpc) is 3.10. The number of rotatable bonds is 2. The molecule has 4 aliphatic rings. The third kappa shape index (κ3) is 1.91. The molecule has 19 heavy (non-hydrogen) atoms. The molecule has 0 N–H and O–H groups in total. The van der Waals surface area contributed by atoms with Gasteiger partial charge in [0.05, 0.1) is 25.1 Å². The van der Waals surface area contributed by atoms with Crippen molar-refractivity contribution in [1.82, 2.24) is 4.90 Å². The van der Waals surface area contributed by atoms with Crippen molar-refractivity contribution in [3.8, 4) is 0 Å². The van der Waals surface area contributed by atoms with E-state index in [1.165, 1.54) is 12.8 Å². The zero-order valence-electron chi connectivity index (χ0n) is 11.5. The minimum atomic E-state index is 0.0341. The summed E-state index contributed by atoms with van der Waals surface area (Å²) in [4.78, 5) is 14.8. The van der Waals surface area contributed by atoms with Gasteiger partial charge in [-0.05, 0) is 44.4 Å². The number of carbonyl (C=O) groups is 1. The van der Waals surface area contributed by atoms with Gasteiger partial charge in [0.2, 0.25) is 5.91 Å². The molecule has 3 unspecified atom stereocenters. The molecule has 4 nitrogen and oxygen atoms in total. The first-order chi connectivity index (χ1) is 9.30. The van der Waals surface area contributed by atoms with Crippen LogP contribution in [0, 0.1) is 11.8 Å². The fourth-order valence-electron chi connectivity index (χ4n) is 4.21. The van der Waals surface area contributed by atoms with Crippen molar-refractivity contribution in [2.45, 2.75) is 50.2 Å². The second-order valence-corrected chi connectivity index (χ2v) is 6.68. The predicted octanol–water partition coefficient (Wildman–Crippen LogP) is 1.58. The maximum absolute atomic E-state index is 12.7. The summed E-state index contributed by atoms with van der Waals surface area (Å²) >= 11 is 0. The first-order valence-electron chi connectivity index (χ1n) is 7.82. The fraction of sp³-hybridized carbons (Fsp3) is 0.933. The number of hydrogen-bond acceptors (Lipinski definition) is 3. The molecule has 0 bridgehead atoms. The molecule has 4 heteroatoms. The van der Waals surface area contributed by atoms with Crippen molar-refractivity contribution < 1.29 is 14.3 Å². The van der Waals surface area contributed by atoms with Gasteiger partial charge in [0.25, 0.3) is 0 Å². The molecular formula is C15H23NO3. The normalized spacial score (nSPS) is 42.4. The molecule has 106 valence electrons. The van der Waals surface area contributed by atoms with E-state index < -0.39 is 0 Å². The van der Waals surface area contributed by atoms with E-state index >= 15 is 0 Å². The van der Waals surface area contributed by atoms with E-state index in [4.69, 9.17) is 9.47 Å². The molecule has 3 aliphatic heterocycles. The molecule has 1 saturated carbocycles. The van der Waals surface area contributed by atoms with Crippen LogP contribution >= 0.6 is 0 Å². The highest BCUT2D eigenvalue weighted by molar-refractivity contribution is 5.81. The first-order valence-corrected chi connectivity index (χ1v) is 7.82. The van der Waals surface area contributed by atoms with Crippen LogP contribution in [0.4, 0.5) is 0 Å². The lowest BCUT2D eigenvalue weighted by Crippen LogP contribution is -2.72. The van der Waals surface area contributed by atoms with E-state index in [1.54, 1.807) is 0 Å². The molecule has 4 rings (SSSR count). The molecule has 0 radical (unpaired) electrons. The molecular weight excluding hydrogens is 242 g/mol. The van der Waals surface area contributed by atoms with Gasteiger partial charge in [-0.15, -0.1) is 0 Å². The first kappa shape index (κ1) is 12.2. The minimum Gasteiger partial charge on any atom is -0.381 e. The van der Waals surface area contributed by atoms with Crippen LogP contribution in [0.25, 0.3) is 0 Å². The molecule has 0 aromatic carbocycles. The third-order valence-corrected chi connectivity index (χ3v) is 5.31. The van der Waals surface area contributed by atoms with Crippen LogP contribution in [0.2, 0.25) is 0 Å². The van der Waals surface area contributed by atoms with Crippen LogP contribution in [-0.4, -0.2) is 48.8 Å². The molecule has 1 spiro atoms. The number of amides is 1. The van der Waals surface area contributed by atoms with Gasteiger partial charge >= 0.3 is 0 Å². The second-order valence-electron chi connectivity index (χ2n) is 6.68. The summed E-state index contributed by atoms with van der Waals surface area (Å²) in [7, 11) is 0. The lowest BCUT2D eigenvalue weighted by atomic mass is 9.77. The zero-order chi connectivity index (χ0) is 12.9. The summed E-state index contributed by atoms with van der Waals surface area (Å²) in [5, 5.41) is 0. The highest BCUT2D eigenvalue weighted by Gasteiger charge is 2.62. The largest absolute Gasteiger partial charge is 0.381 e. The summed E-state index contributed by atoms with van der Waals surface area (Å²) in [6, 6.07) is 0.379. The van der Waals surface area contributed by atoms with Crippen LogP contribution in [0.3, 0.4) is 0 Å². The predicted molar refractivity (Wildman–Crippen MR) is 69.7 cm³/mol. The highest BCUT2D eigenvalue weighted by atomic mass is 16.5. The van der Waals surface area contributed by atoms with Crippen molar-refractivity contribution in [2.75, 3.05) is 26.4 Å². The van der Waals surface area contributed by atoms with E-state index in [0.717, 1.165) is 45.4 Å². The highest BCUT2D eigenvalue weighted by Crippen LogP contribution is 2.51. The van der Waals surface area contributed by atoms with Crippen LogP contribution in [0.15, 0.2) is 0 Å². The minimum absolute atomic E-state index is 0.0341. The number of hydrogen-bond donors (Lipinski definition) is 0. The Labute approximate surface area is 114 Å². The smallest absolute Gasteiger partial charge is 0.228 e. The Kier molecular flexibility index (Phi) is 2.85. The molecule has 1 aliphatic carbocycles. The van der Waals surface area contributed by atoms with Crippen LogP contribution < -0.4 is 0 Å². The van der Waals surface area contributed by atoms with Crippen molar-refractivity contribution in [1.29, 1.82) is 0 Å². The van der Waals surface area contributed by atoms with Crippen molar-refractivity contribution >= 4 is 5.91 Å². The van der Waals surface area contributed by atoms with Gasteiger partial charge < -0.3 is 14.4 Å². The van der Waals surface area contributed by atoms with E-state index in [-0.39, 0.29) is 11.5 Å². The Hall–Kier alpha value is -0.610. The third-order valence-electron chi connectivity index (χ3n) is 5.31. The van der Waals surface area contributed by atoms with Gasteiger partial charge in [-0.25, -0.2) is 0 Å². The zero-order valence-corrected chi connectivity index (χ0v) is 11.5. The number of nitrogens with zero attached hydrogens (tertiary/aromatic N) is 1. The summed E-state index contributed by atoms with van der Waals surface area (Å²) in [6.45, 7) is 3.17. The summed E-state index contributed by atoms with van der Waals surface area (Å²) in [5.41, 5.74) is 0.0341. The van der Waals surface area contributed by atoms with E-state index in [9.17, 15) is 4.79 Å². The van der Waals surface area contributed by atoms with Gasteiger partial charge in [0.15, 0.2) is 0 Å². The molecule has 3 atom stereocenters. The Morgan fingerprint density at radius 3 is 2.68 bits per heavy atom. The maximum Gasteiger partial charge on any atom is 0.228 e. The number of likely N-dealkylation sites (tertiary alicyclic amines) is 1. The van der Waals surface area contributed by atoms with Crippen LogP contribution in [0.1, 0.15) is 38.5 Å². The van der Waals surface area contributed by atoms with Gasteiger partial charge in [0.1, 0.15) is 5.60 Å². The van der Waals surface area contributed by atoms with Crippen molar-refractivity contribution in [3.63, 3.8) is 0 Å². The molecule has 0 aromatic heterocycles. The van der Waals surface area contributed by atoms with Crippen LogP contribution in [-0.2, 0) is 14.3 Å². The average molecular weight is 265 g/mol. The van der Waals surface area contributed by atoms with E-state index in [1.807, 2.05) is 0 Å². The molecule has 0 aromatic rings. The molecule has 1 amide bonds. The van der Waals surface area contributed by atoms with Crippen molar-refractivity contribution in [2.24, 2.45) is 11.8 Å². The standard InChI is InChI=1S/C15H23NO3/c17-14(12-3-1-7-18-9-12)16-10-15(6-2-8-19-15)13(16)11-4-5-11/h11-13H,1-10H2. The Morgan fingerprint density at radius 2 is 2.05 bits per heavy atom. The Morgan fingerprint density at radius 1 is 1.16 bits per heavy atom. The van der Waals surface area contributed by atoms with Crippen molar-refractivity contribution in [3.05, 3.63) is 0 Å². The molecule has 4 fully saturated rings. The van der Waals surface area contributed by atoms with Gasteiger partial charge in [0, 0.05) is 13.2 Å². The number of carbonyl (C=O) groups excluding carboxylic acids is 1. The van der Waals surface area contributed by atoms with Gasteiger partial charge in [-0.1, -0.05) is 0 Å². The van der Waals surface area contributed by atoms with E-state index in [2.05, 4.69) is 4.90 Å². The topological polar surface area (TPSA) is 38.8 Å². The van der Waals surface area contributed by atoms with E-state index in [0.29, 0.717) is 24.5 Å². The Balaban J connectivity index is 1.47. The summed E-state index contributed by atoms with van der Waals surface area (Å²) in [6.07, 6.45) is 6.90. The number of ether oxygens (including phenoxy) is 2. The second kappa shape index (κ2) is 4.45. The SMILES string of the molecule is O=C(C1CCCOC1)N1CC2(CCCO2)C1C1CC1. The molecule has 3 saturated heterocycles. The fourth-order valence-corrected chi connectivity index (χ4v) is 4.21. The Bertz CT molecular complexity index is 368. The monoisotopic (exact) mass is 265 g/mol. The van der Waals surface area contributed by atoms with Gasteiger partial charge in [-0.2, -0.15) is 0 Å². The molecule has 3 heterocycles. The quantitative estimate of drug-likeness (QED) is 0.761. The van der Waals surface area contributed by atoms with Crippen LogP contribution in [0.5, 0.6) is 0 Å². The van der Waals surface area contributed by atoms with Gasteiger partial charge in [-0.3, -0.25) is 4.79 Å².